The number of carbonyl (C=O) groups excluding carboxylic acids is 1. The third-order valence-corrected chi connectivity index (χ3v) is 5.23. The molecule has 0 unspecified atom stereocenters. The highest BCUT2D eigenvalue weighted by Gasteiger charge is 2.18. The van der Waals surface area contributed by atoms with Gasteiger partial charge in [0.1, 0.15) is 11.5 Å². The third-order valence-electron chi connectivity index (χ3n) is 5.23. The maximum absolute atomic E-state index is 12.9. The van der Waals surface area contributed by atoms with Gasteiger partial charge in [-0.15, -0.1) is 0 Å². The zero-order valence-electron chi connectivity index (χ0n) is 15.4. The van der Waals surface area contributed by atoms with Crippen LogP contribution < -0.4 is 5.43 Å². The summed E-state index contributed by atoms with van der Waals surface area (Å²) in [5.74, 6) is -0.716. The van der Waals surface area contributed by atoms with Crippen LogP contribution in [0.4, 0.5) is 4.39 Å². The normalized spacial score (nSPS) is 12.7. The van der Waals surface area contributed by atoms with Crippen molar-refractivity contribution in [3.8, 4) is 11.3 Å². The van der Waals surface area contributed by atoms with E-state index in [9.17, 15) is 9.18 Å². The van der Waals surface area contributed by atoms with E-state index >= 15 is 0 Å². The number of hydrogen-bond acceptors (Lipinski definition) is 3. The number of carbonyl (C=O) groups is 1. The van der Waals surface area contributed by atoms with Crippen LogP contribution in [0.2, 0.25) is 0 Å². The van der Waals surface area contributed by atoms with Gasteiger partial charge in [-0.1, -0.05) is 42.5 Å². The average molecular weight is 384 g/mol. The lowest BCUT2D eigenvalue weighted by molar-refractivity contribution is 0.0950. The zero-order valence-corrected chi connectivity index (χ0v) is 15.4. The van der Waals surface area contributed by atoms with Gasteiger partial charge in [0.05, 0.1) is 11.9 Å². The minimum Gasteiger partial charge on any atom is -0.272 e. The second-order valence-corrected chi connectivity index (χ2v) is 7.03. The van der Waals surface area contributed by atoms with Crippen LogP contribution in [0.25, 0.3) is 22.0 Å². The number of benzene rings is 3. The predicted octanol–water partition coefficient (Wildman–Crippen LogP) is 4.23. The van der Waals surface area contributed by atoms with Gasteiger partial charge in [-0.3, -0.25) is 9.89 Å². The van der Waals surface area contributed by atoms with Gasteiger partial charge in [-0.2, -0.15) is 10.2 Å². The second kappa shape index (κ2) is 6.98. The highest BCUT2D eigenvalue weighted by atomic mass is 19.1. The number of aryl methyl sites for hydroxylation is 2. The number of halogens is 1. The zero-order chi connectivity index (χ0) is 19.8. The van der Waals surface area contributed by atoms with Crippen LogP contribution in [0.1, 0.15) is 27.2 Å². The van der Waals surface area contributed by atoms with E-state index in [2.05, 4.69) is 51.1 Å². The van der Waals surface area contributed by atoms with Crippen LogP contribution >= 0.6 is 0 Å². The van der Waals surface area contributed by atoms with Gasteiger partial charge in [0.15, 0.2) is 0 Å². The molecule has 0 radical (unpaired) electrons. The number of amides is 1. The van der Waals surface area contributed by atoms with Crippen LogP contribution in [-0.2, 0) is 12.8 Å². The number of rotatable bonds is 4. The van der Waals surface area contributed by atoms with Crippen LogP contribution in [0.3, 0.4) is 0 Å². The quantitative estimate of drug-likeness (QED) is 0.408. The standard InChI is InChI=1S/C23H17FN4O/c24-17-9-4-14(5-10-17)13-25-28-23(29)21-12-20(26-27-21)18-11-8-16-7-6-15-2-1-3-19(18)22(15)16/h1-5,8-13H,6-7H2,(H,26,27)(H,28,29)/b25-13+. The van der Waals surface area contributed by atoms with Crippen molar-refractivity contribution in [3.05, 3.63) is 88.9 Å². The lowest BCUT2D eigenvalue weighted by Crippen LogP contribution is -2.17. The van der Waals surface area contributed by atoms with E-state index in [4.69, 9.17) is 0 Å². The molecular formula is C23H17FN4O. The van der Waals surface area contributed by atoms with Crippen molar-refractivity contribution >= 4 is 22.9 Å². The van der Waals surface area contributed by atoms with E-state index in [1.165, 1.54) is 34.9 Å². The number of H-pyrrole nitrogens is 1. The number of nitrogens with one attached hydrogen (secondary N) is 2. The fourth-order valence-electron chi connectivity index (χ4n) is 3.82. The molecule has 0 spiro atoms. The number of aromatic amines is 1. The predicted molar refractivity (Wildman–Crippen MR) is 110 cm³/mol. The molecule has 1 aliphatic carbocycles. The number of hydrazone groups is 1. The summed E-state index contributed by atoms with van der Waals surface area (Å²) in [7, 11) is 0. The highest BCUT2D eigenvalue weighted by Crippen LogP contribution is 2.36. The lowest BCUT2D eigenvalue weighted by atomic mass is 9.98. The molecule has 0 aliphatic heterocycles. The highest BCUT2D eigenvalue weighted by molar-refractivity contribution is 6.02. The molecule has 5 rings (SSSR count). The Hall–Kier alpha value is -3.80. The van der Waals surface area contributed by atoms with Crippen LogP contribution in [0.5, 0.6) is 0 Å². The van der Waals surface area contributed by atoms with E-state index < -0.39 is 5.91 Å². The molecule has 3 aromatic carbocycles. The van der Waals surface area contributed by atoms with E-state index in [0.29, 0.717) is 17.0 Å². The molecule has 0 saturated heterocycles. The van der Waals surface area contributed by atoms with Gasteiger partial charge in [0.25, 0.3) is 5.91 Å². The van der Waals surface area contributed by atoms with Crippen molar-refractivity contribution in [1.29, 1.82) is 0 Å². The van der Waals surface area contributed by atoms with E-state index in [1.54, 1.807) is 18.2 Å². The summed E-state index contributed by atoms with van der Waals surface area (Å²) in [6, 6.07) is 18.1. The molecule has 142 valence electrons. The summed E-state index contributed by atoms with van der Waals surface area (Å²) in [4.78, 5) is 12.4. The Kier molecular flexibility index (Phi) is 4.17. The first-order valence-electron chi connectivity index (χ1n) is 9.37. The van der Waals surface area contributed by atoms with E-state index in [-0.39, 0.29) is 5.82 Å². The summed E-state index contributed by atoms with van der Waals surface area (Å²) in [5.41, 5.74) is 7.90. The molecule has 5 nitrogen and oxygen atoms in total. The average Bonchev–Trinajstić information content (AvgIpc) is 3.39. The van der Waals surface area contributed by atoms with E-state index in [0.717, 1.165) is 23.8 Å². The van der Waals surface area contributed by atoms with Crippen molar-refractivity contribution in [2.24, 2.45) is 5.10 Å². The van der Waals surface area contributed by atoms with Crippen molar-refractivity contribution in [2.45, 2.75) is 12.8 Å². The van der Waals surface area contributed by atoms with Crippen LogP contribution in [-0.4, -0.2) is 22.3 Å². The Morgan fingerprint density at radius 1 is 1.07 bits per heavy atom. The SMILES string of the molecule is O=C(N/N=C/c1ccc(F)cc1)c1cc(-c2ccc3c4c(cccc24)CC3)n[nH]1. The van der Waals surface area contributed by atoms with Crippen molar-refractivity contribution in [3.63, 3.8) is 0 Å². The van der Waals surface area contributed by atoms with E-state index in [1.807, 2.05) is 0 Å². The molecule has 0 atom stereocenters. The summed E-state index contributed by atoms with van der Waals surface area (Å²) >= 11 is 0. The summed E-state index contributed by atoms with van der Waals surface area (Å²) in [6.45, 7) is 0. The third kappa shape index (κ3) is 3.18. The van der Waals surface area contributed by atoms with Crippen molar-refractivity contribution in [1.82, 2.24) is 15.6 Å². The maximum atomic E-state index is 12.9. The van der Waals surface area contributed by atoms with Gasteiger partial charge in [-0.25, -0.2) is 9.82 Å². The molecule has 0 saturated carbocycles. The van der Waals surface area contributed by atoms with Gasteiger partial charge in [-0.05, 0) is 58.5 Å². The van der Waals surface area contributed by atoms with Gasteiger partial charge >= 0.3 is 0 Å². The van der Waals surface area contributed by atoms with Crippen LogP contribution in [0, 0.1) is 5.82 Å². The first-order valence-corrected chi connectivity index (χ1v) is 9.37. The Morgan fingerprint density at radius 3 is 2.69 bits per heavy atom. The largest absolute Gasteiger partial charge is 0.289 e. The summed E-state index contributed by atoms with van der Waals surface area (Å²) < 4.78 is 12.9. The minimum atomic E-state index is -0.395. The lowest BCUT2D eigenvalue weighted by Gasteiger charge is -2.06. The molecule has 4 aromatic rings. The van der Waals surface area contributed by atoms with Gasteiger partial charge in [0, 0.05) is 5.56 Å². The van der Waals surface area contributed by atoms with Crippen molar-refractivity contribution < 1.29 is 9.18 Å². The van der Waals surface area contributed by atoms with Crippen molar-refractivity contribution in [2.75, 3.05) is 0 Å². The maximum Gasteiger partial charge on any atom is 0.289 e. The summed E-state index contributed by atoms with van der Waals surface area (Å²) in [6.07, 6.45) is 3.59. The molecule has 6 heteroatoms. The molecule has 1 aliphatic rings. The van der Waals surface area contributed by atoms with Gasteiger partial charge < -0.3 is 0 Å². The first kappa shape index (κ1) is 17.3. The number of hydrogen-bond donors (Lipinski definition) is 2. The Bertz CT molecular complexity index is 1250. The van der Waals surface area contributed by atoms with Crippen LogP contribution in [0.15, 0.2) is 65.8 Å². The fraction of sp³-hybridized carbons (Fsp3) is 0.0870. The smallest absolute Gasteiger partial charge is 0.272 e. The Morgan fingerprint density at radius 2 is 1.86 bits per heavy atom. The number of aromatic nitrogens is 2. The molecule has 1 heterocycles. The Balaban J connectivity index is 1.38. The minimum absolute atomic E-state index is 0.319. The fourth-order valence-corrected chi connectivity index (χ4v) is 3.82. The Labute approximate surface area is 166 Å². The van der Waals surface area contributed by atoms with Gasteiger partial charge in [0.2, 0.25) is 0 Å². The molecule has 1 aromatic heterocycles. The number of nitrogens with zero attached hydrogens (tertiary/aromatic N) is 2. The molecule has 2 N–H and O–H groups in total. The first-order chi connectivity index (χ1) is 14.2. The molecule has 0 bridgehead atoms. The second-order valence-electron chi connectivity index (χ2n) is 7.03. The molecule has 29 heavy (non-hydrogen) atoms. The molecule has 1 amide bonds. The molecular weight excluding hydrogens is 367 g/mol. The summed E-state index contributed by atoms with van der Waals surface area (Å²) in [5, 5.41) is 13.5. The molecule has 0 fully saturated rings. The topological polar surface area (TPSA) is 70.1 Å². The monoisotopic (exact) mass is 384 g/mol.